The summed E-state index contributed by atoms with van der Waals surface area (Å²) in [6, 6.07) is 7.47. The molecule has 2 aromatic rings. The fourth-order valence-corrected chi connectivity index (χ4v) is 1.96. The van der Waals surface area contributed by atoms with Crippen molar-refractivity contribution in [2.24, 2.45) is 0 Å². The predicted octanol–water partition coefficient (Wildman–Crippen LogP) is 2.57. The van der Waals surface area contributed by atoms with Crippen LogP contribution in [-0.4, -0.2) is 24.3 Å². The Labute approximate surface area is 112 Å². The Morgan fingerprint density at radius 3 is 2.26 bits per heavy atom. The molecule has 0 amide bonds. The second-order valence-electron chi connectivity index (χ2n) is 4.21. The highest BCUT2D eigenvalue weighted by atomic mass is 16.5. The Morgan fingerprint density at radius 1 is 1.11 bits per heavy atom. The topological polar surface area (TPSA) is 51.6 Å². The van der Waals surface area contributed by atoms with Gasteiger partial charge in [-0.15, -0.1) is 0 Å². The van der Waals surface area contributed by atoms with E-state index in [0.717, 1.165) is 33.9 Å². The average molecular weight is 259 g/mol. The van der Waals surface area contributed by atoms with E-state index in [4.69, 9.17) is 9.47 Å². The number of aliphatic hydroxyl groups excluding tert-OH is 1. The fourth-order valence-electron chi connectivity index (χ4n) is 1.96. The number of ether oxygens (including phenoxy) is 2. The highest BCUT2D eigenvalue weighted by molar-refractivity contribution is 5.66. The number of methoxy groups -OCH3 is 2. The third kappa shape index (κ3) is 2.69. The maximum absolute atomic E-state index is 9.18. The fraction of sp³-hybridized carbons (Fsp3) is 0.267. The molecular weight excluding hydrogens is 242 g/mol. The molecule has 0 aliphatic rings. The number of rotatable bonds is 4. The Bertz CT molecular complexity index is 556. The van der Waals surface area contributed by atoms with Gasteiger partial charge in [-0.25, -0.2) is 0 Å². The summed E-state index contributed by atoms with van der Waals surface area (Å²) in [5.74, 6) is 1.51. The van der Waals surface area contributed by atoms with Gasteiger partial charge in [0.25, 0.3) is 0 Å². The zero-order valence-electron chi connectivity index (χ0n) is 11.3. The Balaban J connectivity index is 2.55. The van der Waals surface area contributed by atoms with E-state index in [9.17, 15) is 5.11 Å². The molecule has 0 saturated heterocycles. The maximum atomic E-state index is 9.18. The third-order valence-corrected chi connectivity index (χ3v) is 3.05. The normalized spacial score (nSPS) is 10.3. The first-order valence-corrected chi connectivity index (χ1v) is 5.98. The number of hydrogen-bond acceptors (Lipinski definition) is 4. The zero-order chi connectivity index (χ0) is 13.8. The molecule has 1 N–H and O–H groups in total. The number of hydrogen-bond donors (Lipinski definition) is 1. The summed E-state index contributed by atoms with van der Waals surface area (Å²) in [5.41, 5.74) is 3.45. The first-order chi connectivity index (χ1) is 9.19. The molecule has 1 aromatic carbocycles. The third-order valence-electron chi connectivity index (χ3n) is 3.05. The highest BCUT2D eigenvalue weighted by Gasteiger charge is 2.10. The lowest BCUT2D eigenvalue weighted by atomic mass is 10.1. The van der Waals surface area contributed by atoms with Crippen molar-refractivity contribution in [2.75, 3.05) is 14.2 Å². The van der Waals surface area contributed by atoms with E-state index in [1.165, 1.54) is 0 Å². The van der Waals surface area contributed by atoms with Crippen molar-refractivity contribution in [3.05, 3.63) is 41.6 Å². The van der Waals surface area contributed by atoms with Crippen LogP contribution in [0.4, 0.5) is 0 Å². The largest absolute Gasteiger partial charge is 0.496 e. The summed E-state index contributed by atoms with van der Waals surface area (Å²) in [4.78, 5) is 4.32. The van der Waals surface area contributed by atoms with Crippen LogP contribution in [0.5, 0.6) is 11.5 Å². The average Bonchev–Trinajstić information content (AvgIpc) is 2.47. The Morgan fingerprint density at radius 2 is 1.74 bits per heavy atom. The maximum Gasteiger partial charge on any atom is 0.126 e. The van der Waals surface area contributed by atoms with Crippen molar-refractivity contribution in [1.82, 2.24) is 4.98 Å². The summed E-state index contributed by atoms with van der Waals surface area (Å²) < 4.78 is 10.7. The van der Waals surface area contributed by atoms with Gasteiger partial charge in [0, 0.05) is 17.3 Å². The second kappa shape index (κ2) is 5.71. The van der Waals surface area contributed by atoms with E-state index >= 15 is 0 Å². The van der Waals surface area contributed by atoms with Crippen LogP contribution in [0.15, 0.2) is 30.5 Å². The van der Waals surface area contributed by atoms with Crippen LogP contribution >= 0.6 is 0 Å². The molecule has 0 fully saturated rings. The lowest BCUT2D eigenvalue weighted by Gasteiger charge is -2.12. The minimum absolute atomic E-state index is 0.00431. The number of aromatic nitrogens is 1. The van der Waals surface area contributed by atoms with Crippen molar-refractivity contribution in [3.63, 3.8) is 0 Å². The number of benzene rings is 1. The molecule has 0 radical (unpaired) electrons. The number of aliphatic hydroxyl groups is 1. The molecule has 4 nitrogen and oxygen atoms in total. The summed E-state index contributed by atoms with van der Waals surface area (Å²) in [5, 5.41) is 9.18. The van der Waals surface area contributed by atoms with Gasteiger partial charge in [-0.05, 0) is 36.8 Å². The van der Waals surface area contributed by atoms with Crippen LogP contribution < -0.4 is 9.47 Å². The van der Waals surface area contributed by atoms with E-state index in [1.807, 2.05) is 25.1 Å². The van der Waals surface area contributed by atoms with E-state index in [1.54, 1.807) is 26.5 Å². The molecule has 0 aliphatic carbocycles. The van der Waals surface area contributed by atoms with Gasteiger partial charge in [0.15, 0.2) is 0 Å². The second-order valence-corrected chi connectivity index (χ2v) is 4.21. The molecule has 1 aromatic heterocycles. The lowest BCUT2D eigenvalue weighted by molar-refractivity contribution is 0.282. The van der Waals surface area contributed by atoms with Gasteiger partial charge in [0.2, 0.25) is 0 Å². The quantitative estimate of drug-likeness (QED) is 0.916. The monoisotopic (exact) mass is 259 g/mol. The molecule has 100 valence electrons. The molecular formula is C15H17NO3. The number of nitrogens with zero attached hydrogens (tertiary/aromatic N) is 1. The summed E-state index contributed by atoms with van der Waals surface area (Å²) in [7, 11) is 3.26. The first kappa shape index (κ1) is 13.4. The van der Waals surface area contributed by atoms with Gasteiger partial charge in [-0.1, -0.05) is 0 Å². The molecule has 0 aliphatic heterocycles. The van der Waals surface area contributed by atoms with E-state index in [0.29, 0.717) is 0 Å². The molecule has 4 heteroatoms. The zero-order valence-corrected chi connectivity index (χ0v) is 11.3. The SMILES string of the molecule is COc1cc(-c2cc(CO)ccn2)cc(OC)c1C. The number of pyridine rings is 1. The molecule has 0 unspecified atom stereocenters. The molecule has 2 rings (SSSR count). The van der Waals surface area contributed by atoms with Crippen LogP contribution in [0.25, 0.3) is 11.3 Å². The summed E-state index contributed by atoms with van der Waals surface area (Å²) in [6.45, 7) is 1.94. The molecule has 0 atom stereocenters. The molecule has 1 heterocycles. The molecule has 0 spiro atoms. The van der Waals surface area contributed by atoms with Crippen molar-refractivity contribution in [1.29, 1.82) is 0 Å². The Kier molecular flexibility index (Phi) is 4.02. The summed E-state index contributed by atoms with van der Waals surface area (Å²) >= 11 is 0. The van der Waals surface area contributed by atoms with Crippen LogP contribution in [0.1, 0.15) is 11.1 Å². The molecule has 0 bridgehead atoms. The van der Waals surface area contributed by atoms with Gasteiger partial charge in [0.1, 0.15) is 11.5 Å². The van der Waals surface area contributed by atoms with Gasteiger partial charge in [-0.3, -0.25) is 4.98 Å². The van der Waals surface area contributed by atoms with Gasteiger partial charge in [-0.2, -0.15) is 0 Å². The first-order valence-electron chi connectivity index (χ1n) is 5.98. The van der Waals surface area contributed by atoms with Crippen molar-refractivity contribution >= 4 is 0 Å². The molecule has 19 heavy (non-hydrogen) atoms. The minimum Gasteiger partial charge on any atom is -0.496 e. The van der Waals surface area contributed by atoms with Crippen LogP contribution in [0, 0.1) is 6.92 Å². The van der Waals surface area contributed by atoms with E-state index in [-0.39, 0.29) is 6.61 Å². The van der Waals surface area contributed by atoms with Gasteiger partial charge in [0.05, 0.1) is 26.5 Å². The Hall–Kier alpha value is -2.07. The smallest absolute Gasteiger partial charge is 0.126 e. The lowest BCUT2D eigenvalue weighted by Crippen LogP contribution is -1.95. The van der Waals surface area contributed by atoms with Crippen LogP contribution in [-0.2, 0) is 6.61 Å². The van der Waals surface area contributed by atoms with Gasteiger partial charge >= 0.3 is 0 Å². The minimum atomic E-state index is -0.00431. The standard InChI is InChI=1S/C15H17NO3/c1-10-14(18-2)7-12(8-15(10)19-3)13-6-11(9-17)4-5-16-13/h4-8,17H,9H2,1-3H3. The van der Waals surface area contributed by atoms with Crippen LogP contribution in [0.2, 0.25) is 0 Å². The van der Waals surface area contributed by atoms with Crippen molar-refractivity contribution in [2.45, 2.75) is 13.5 Å². The van der Waals surface area contributed by atoms with Gasteiger partial charge < -0.3 is 14.6 Å². The van der Waals surface area contributed by atoms with E-state index in [2.05, 4.69) is 4.98 Å². The molecule has 0 saturated carbocycles. The van der Waals surface area contributed by atoms with Crippen molar-refractivity contribution < 1.29 is 14.6 Å². The van der Waals surface area contributed by atoms with E-state index < -0.39 is 0 Å². The summed E-state index contributed by atoms with van der Waals surface area (Å²) in [6.07, 6.45) is 1.68. The predicted molar refractivity (Wildman–Crippen MR) is 73.4 cm³/mol. The highest BCUT2D eigenvalue weighted by Crippen LogP contribution is 2.33. The van der Waals surface area contributed by atoms with Crippen LogP contribution in [0.3, 0.4) is 0 Å². The van der Waals surface area contributed by atoms with Crippen molar-refractivity contribution in [3.8, 4) is 22.8 Å².